The topological polar surface area (TPSA) is 228 Å². The van der Waals surface area contributed by atoms with Gasteiger partial charge in [0.15, 0.2) is 6.04 Å². The van der Waals surface area contributed by atoms with Crippen molar-refractivity contribution >= 4 is 42.3 Å². The molecule has 0 fully saturated rings. The number of aromatic hydroxyl groups is 1. The zero-order chi connectivity index (χ0) is 26.0. The zero-order valence-electron chi connectivity index (χ0n) is 18.2. The van der Waals surface area contributed by atoms with Crippen molar-refractivity contribution in [1.29, 1.82) is 0 Å². The molecule has 188 valence electrons. The normalized spacial score (nSPS) is 15.2. The van der Waals surface area contributed by atoms with Gasteiger partial charge in [0.1, 0.15) is 17.8 Å². The van der Waals surface area contributed by atoms with E-state index in [9.17, 15) is 39.3 Å². The highest BCUT2D eigenvalue weighted by Gasteiger charge is 2.32. The van der Waals surface area contributed by atoms with Crippen molar-refractivity contribution in [2.45, 2.75) is 50.0 Å². The third-order valence-electron chi connectivity index (χ3n) is 4.60. The number of aliphatic carboxylic acids is 2. The van der Waals surface area contributed by atoms with E-state index in [0.717, 1.165) is 6.92 Å². The van der Waals surface area contributed by atoms with Crippen LogP contribution in [-0.2, 0) is 30.4 Å². The van der Waals surface area contributed by atoms with Crippen LogP contribution in [0.5, 0.6) is 5.75 Å². The number of rotatable bonds is 13. The molecule has 1 aromatic rings. The molecule has 0 spiro atoms. The Bertz CT molecular complexity index is 895. The summed E-state index contributed by atoms with van der Waals surface area (Å²) in [6.45, 7) is 1.15. The van der Waals surface area contributed by atoms with Crippen molar-refractivity contribution in [3.8, 4) is 5.75 Å². The Morgan fingerprint density at radius 2 is 1.47 bits per heavy atom. The molecule has 5 unspecified atom stereocenters. The highest BCUT2D eigenvalue weighted by Crippen LogP contribution is 2.12. The number of nitrogens with two attached hydrogens (primary N) is 1. The number of aliphatic hydroxyl groups excluding tert-OH is 1. The van der Waals surface area contributed by atoms with Crippen LogP contribution in [0.3, 0.4) is 0 Å². The average Bonchev–Trinajstić information content (AvgIpc) is 2.76. The minimum Gasteiger partial charge on any atom is -0.508 e. The number of nitrogens with one attached hydrogen (secondary N) is 3. The average molecular weight is 501 g/mol. The van der Waals surface area contributed by atoms with E-state index in [0.29, 0.717) is 5.56 Å². The summed E-state index contributed by atoms with van der Waals surface area (Å²) < 4.78 is 0. The third kappa shape index (κ3) is 9.25. The van der Waals surface area contributed by atoms with Crippen LogP contribution in [0.15, 0.2) is 24.3 Å². The number of phenols is 1. The number of thiol groups is 1. The van der Waals surface area contributed by atoms with E-state index < -0.39 is 66.4 Å². The molecule has 1 rings (SSSR count). The number of amides is 3. The number of benzene rings is 1. The molecule has 0 aliphatic heterocycles. The molecule has 9 N–H and O–H groups in total. The van der Waals surface area contributed by atoms with E-state index in [1.807, 2.05) is 0 Å². The maximum atomic E-state index is 12.8. The number of carboxylic acid groups (broad SMARTS) is 2. The summed E-state index contributed by atoms with van der Waals surface area (Å²) in [7, 11) is 0. The van der Waals surface area contributed by atoms with E-state index in [-0.39, 0.29) is 17.9 Å². The van der Waals surface area contributed by atoms with Gasteiger partial charge in [-0.05, 0) is 24.6 Å². The van der Waals surface area contributed by atoms with Crippen LogP contribution in [0.1, 0.15) is 18.9 Å². The molecule has 0 bridgehead atoms. The first kappa shape index (κ1) is 28.7. The van der Waals surface area contributed by atoms with Crippen molar-refractivity contribution in [3.63, 3.8) is 0 Å². The van der Waals surface area contributed by atoms with Crippen molar-refractivity contribution in [3.05, 3.63) is 29.8 Å². The van der Waals surface area contributed by atoms with Gasteiger partial charge in [0.2, 0.25) is 17.7 Å². The number of carbonyl (C=O) groups excluding carboxylic acids is 3. The molecular formula is C20H28N4O9S. The standard InChI is InChI=1S/C20H28N4O9S/c1-9(25)16(20(32)33)24-19(31)13(6-10-2-4-11(26)5-3-10)23-18(30)14(7-15(27)28)22-17(29)12(21)8-34/h2-5,9,12-14,16,25-26,34H,6-8,21H2,1H3,(H,22,29)(H,23,30)(H,24,31)(H,27,28)(H,32,33). The lowest BCUT2D eigenvalue weighted by Crippen LogP contribution is -2.59. The Kier molecular flexibility index (Phi) is 11.3. The van der Waals surface area contributed by atoms with Crippen molar-refractivity contribution in [2.24, 2.45) is 5.73 Å². The van der Waals surface area contributed by atoms with Gasteiger partial charge in [0, 0.05) is 12.2 Å². The number of carbonyl (C=O) groups is 5. The van der Waals surface area contributed by atoms with Gasteiger partial charge in [0.05, 0.1) is 18.6 Å². The summed E-state index contributed by atoms with van der Waals surface area (Å²) in [5.41, 5.74) is 6.00. The summed E-state index contributed by atoms with van der Waals surface area (Å²) in [5.74, 6) is -5.93. The van der Waals surface area contributed by atoms with Crippen LogP contribution in [0.2, 0.25) is 0 Å². The number of aliphatic hydroxyl groups is 1. The van der Waals surface area contributed by atoms with Crippen molar-refractivity contribution in [2.75, 3.05) is 5.75 Å². The van der Waals surface area contributed by atoms with E-state index in [1.54, 1.807) is 0 Å². The number of carboxylic acids is 2. The fraction of sp³-hybridized carbons (Fsp3) is 0.450. The summed E-state index contributed by atoms with van der Waals surface area (Å²) in [6.07, 6.45) is -2.47. The second kappa shape index (κ2) is 13.4. The van der Waals surface area contributed by atoms with Crippen LogP contribution >= 0.6 is 12.6 Å². The number of phenolic OH excluding ortho intramolecular Hbond substituents is 1. The van der Waals surface area contributed by atoms with Crippen LogP contribution in [0.25, 0.3) is 0 Å². The Hall–Kier alpha value is -3.36. The molecule has 5 atom stereocenters. The van der Waals surface area contributed by atoms with Crippen molar-refractivity contribution < 1.29 is 44.4 Å². The largest absolute Gasteiger partial charge is 0.508 e. The maximum Gasteiger partial charge on any atom is 0.328 e. The van der Waals surface area contributed by atoms with Crippen LogP contribution < -0.4 is 21.7 Å². The molecule has 0 heterocycles. The third-order valence-corrected chi connectivity index (χ3v) is 4.99. The molecule has 0 aromatic heterocycles. The Morgan fingerprint density at radius 3 is 1.94 bits per heavy atom. The fourth-order valence-electron chi connectivity index (χ4n) is 2.74. The Balaban J connectivity index is 3.16. The molecule has 1 aromatic carbocycles. The first-order chi connectivity index (χ1) is 15.8. The SMILES string of the molecule is CC(O)C(NC(=O)C(Cc1ccc(O)cc1)NC(=O)C(CC(=O)O)NC(=O)C(N)CS)C(=O)O. The van der Waals surface area contributed by atoms with Crippen LogP contribution in [-0.4, -0.2) is 86.1 Å². The van der Waals surface area contributed by atoms with Gasteiger partial charge in [-0.3, -0.25) is 19.2 Å². The first-order valence-corrected chi connectivity index (χ1v) is 10.7. The Morgan fingerprint density at radius 1 is 0.941 bits per heavy atom. The second-order valence-corrected chi connectivity index (χ2v) is 7.81. The minimum absolute atomic E-state index is 0.0569. The zero-order valence-corrected chi connectivity index (χ0v) is 19.1. The quantitative estimate of drug-likeness (QED) is 0.130. The molecule has 0 saturated heterocycles. The lowest BCUT2D eigenvalue weighted by Gasteiger charge is -2.25. The molecule has 0 saturated carbocycles. The van der Waals surface area contributed by atoms with Gasteiger partial charge in [0.25, 0.3) is 0 Å². The van der Waals surface area contributed by atoms with Gasteiger partial charge in [-0.25, -0.2) is 4.79 Å². The minimum atomic E-state index is -1.69. The predicted molar refractivity (Wildman–Crippen MR) is 121 cm³/mol. The monoisotopic (exact) mass is 500 g/mol. The fourth-order valence-corrected chi connectivity index (χ4v) is 2.90. The highest BCUT2D eigenvalue weighted by molar-refractivity contribution is 7.80. The lowest BCUT2D eigenvalue weighted by atomic mass is 10.0. The highest BCUT2D eigenvalue weighted by atomic mass is 32.1. The number of hydrogen-bond donors (Lipinski definition) is 9. The van der Waals surface area contributed by atoms with Gasteiger partial charge < -0.3 is 42.1 Å². The molecule has 3 amide bonds. The summed E-state index contributed by atoms with van der Waals surface area (Å²) in [6, 6.07) is -0.272. The molecule has 0 radical (unpaired) electrons. The first-order valence-electron chi connectivity index (χ1n) is 10.0. The van der Waals surface area contributed by atoms with Gasteiger partial charge in [-0.2, -0.15) is 12.6 Å². The van der Waals surface area contributed by atoms with E-state index in [2.05, 4.69) is 28.6 Å². The smallest absolute Gasteiger partial charge is 0.328 e. The molecule has 34 heavy (non-hydrogen) atoms. The van der Waals surface area contributed by atoms with Gasteiger partial charge in [-0.15, -0.1) is 0 Å². The molecule has 14 heteroatoms. The maximum absolute atomic E-state index is 12.8. The molecular weight excluding hydrogens is 472 g/mol. The van der Waals surface area contributed by atoms with E-state index in [1.165, 1.54) is 24.3 Å². The van der Waals surface area contributed by atoms with Gasteiger partial charge in [-0.1, -0.05) is 12.1 Å². The second-order valence-electron chi connectivity index (χ2n) is 7.44. The molecule has 13 nitrogen and oxygen atoms in total. The van der Waals surface area contributed by atoms with Crippen LogP contribution in [0.4, 0.5) is 0 Å². The van der Waals surface area contributed by atoms with Crippen molar-refractivity contribution in [1.82, 2.24) is 16.0 Å². The summed E-state index contributed by atoms with van der Waals surface area (Å²) >= 11 is 3.87. The van der Waals surface area contributed by atoms with Crippen LogP contribution in [0, 0.1) is 0 Å². The summed E-state index contributed by atoms with van der Waals surface area (Å²) in [5, 5.41) is 44.0. The predicted octanol–water partition coefficient (Wildman–Crippen LogP) is -2.41. The molecule has 0 aliphatic carbocycles. The summed E-state index contributed by atoms with van der Waals surface area (Å²) in [4.78, 5) is 60.2. The number of hydrogen-bond acceptors (Lipinski definition) is 9. The van der Waals surface area contributed by atoms with Gasteiger partial charge >= 0.3 is 11.9 Å². The van der Waals surface area contributed by atoms with E-state index >= 15 is 0 Å². The lowest BCUT2D eigenvalue weighted by molar-refractivity contribution is -0.145. The Labute approximate surface area is 200 Å². The molecule has 0 aliphatic rings. The van der Waals surface area contributed by atoms with E-state index in [4.69, 9.17) is 10.8 Å².